The summed E-state index contributed by atoms with van der Waals surface area (Å²) in [4.78, 5) is 27.4. The number of rotatable bonds is 5. The minimum Gasteiger partial charge on any atom is -0.465 e. The van der Waals surface area contributed by atoms with Crippen LogP contribution in [0.2, 0.25) is 5.28 Å². The SMILES string of the molecule is CCOC(=O)CNC(=O)c1ccc2c(c1)nc(Cl)n2CC. The number of fused-ring (bicyclic) bond motifs is 1. The Morgan fingerprint density at radius 2 is 2.14 bits per heavy atom. The molecule has 1 amide bonds. The summed E-state index contributed by atoms with van der Waals surface area (Å²) < 4.78 is 6.59. The summed E-state index contributed by atoms with van der Waals surface area (Å²) in [6.07, 6.45) is 0. The van der Waals surface area contributed by atoms with Gasteiger partial charge >= 0.3 is 5.97 Å². The number of hydrogen-bond donors (Lipinski definition) is 1. The van der Waals surface area contributed by atoms with Crippen LogP contribution in [0.4, 0.5) is 0 Å². The molecule has 0 aliphatic heterocycles. The fourth-order valence-electron chi connectivity index (χ4n) is 2.01. The van der Waals surface area contributed by atoms with Gasteiger partial charge in [-0.1, -0.05) is 0 Å². The molecule has 1 heterocycles. The van der Waals surface area contributed by atoms with Crippen molar-refractivity contribution < 1.29 is 14.3 Å². The van der Waals surface area contributed by atoms with Crippen molar-refractivity contribution in [1.29, 1.82) is 0 Å². The minimum atomic E-state index is -0.467. The van der Waals surface area contributed by atoms with Crippen molar-refractivity contribution in [3.63, 3.8) is 0 Å². The Morgan fingerprint density at radius 1 is 1.38 bits per heavy atom. The molecule has 0 saturated carbocycles. The Hall–Kier alpha value is -2.08. The normalized spacial score (nSPS) is 10.6. The van der Waals surface area contributed by atoms with Crippen LogP contribution >= 0.6 is 11.6 Å². The van der Waals surface area contributed by atoms with Gasteiger partial charge in [0.05, 0.1) is 17.6 Å². The van der Waals surface area contributed by atoms with Crippen LogP contribution in [-0.2, 0) is 16.1 Å². The van der Waals surface area contributed by atoms with E-state index in [1.54, 1.807) is 25.1 Å². The number of ether oxygens (including phenoxy) is 1. The molecular formula is C14H16ClN3O3. The number of nitrogens with zero attached hydrogens (tertiary/aromatic N) is 2. The van der Waals surface area contributed by atoms with Gasteiger partial charge in [-0.25, -0.2) is 4.98 Å². The molecule has 0 bridgehead atoms. The summed E-state index contributed by atoms with van der Waals surface area (Å²) in [5.41, 5.74) is 1.93. The van der Waals surface area contributed by atoms with E-state index >= 15 is 0 Å². The van der Waals surface area contributed by atoms with Gasteiger partial charge in [0.2, 0.25) is 5.28 Å². The lowest BCUT2D eigenvalue weighted by Crippen LogP contribution is -2.30. The maximum atomic E-state index is 12.0. The van der Waals surface area contributed by atoms with Crippen molar-refractivity contribution in [3.8, 4) is 0 Å². The zero-order valence-electron chi connectivity index (χ0n) is 11.9. The Kier molecular flexibility index (Phi) is 4.80. The molecule has 0 fully saturated rings. The predicted octanol–water partition coefficient (Wildman–Crippen LogP) is 2.00. The number of nitrogens with one attached hydrogen (secondary N) is 1. The fourth-order valence-corrected chi connectivity index (χ4v) is 2.31. The fraction of sp³-hybridized carbons (Fsp3) is 0.357. The lowest BCUT2D eigenvalue weighted by Gasteiger charge is -2.05. The molecule has 6 nitrogen and oxygen atoms in total. The summed E-state index contributed by atoms with van der Waals surface area (Å²) in [5.74, 6) is -0.822. The van der Waals surface area contributed by atoms with Gasteiger partial charge in [-0.3, -0.25) is 9.59 Å². The lowest BCUT2D eigenvalue weighted by molar-refractivity contribution is -0.141. The Bertz CT molecular complexity index is 681. The van der Waals surface area contributed by atoms with E-state index in [9.17, 15) is 9.59 Å². The molecule has 0 atom stereocenters. The molecule has 1 N–H and O–H groups in total. The molecule has 0 radical (unpaired) electrons. The van der Waals surface area contributed by atoms with E-state index in [1.807, 2.05) is 11.5 Å². The first-order valence-electron chi connectivity index (χ1n) is 6.66. The monoisotopic (exact) mass is 309 g/mol. The number of hydrogen-bond acceptors (Lipinski definition) is 4. The predicted molar refractivity (Wildman–Crippen MR) is 79.4 cm³/mol. The quantitative estimate of drug-likeness (QED) is 0.857. The third-order valence-corrected chi connectivity index (χ3v) is 3.27. The highest BCUT2D eigenvalue weighted by Gasteiger charge is 2.12. The van der Waals surface area contributed by atoms with Gasteiger partial charge in [-0.15, -0.1) is 0 Å². The number of aromatic nitrogens is 2. The number of esters is 1. The van der Waals surface area contributed by atoms with Gasteiger partial charge in [0, 0.05) is 12.1 Å². The Labute approximate surface area is 127 Å². The third kappa shape index (κ3) is 3.33. The molecule has 112 valence electrons. The highest BCUT2D eigenvalue weighted by molar-refractivity contribution is 6.29. The van der Waals surface area contributed by atoms with Crippen LogP contribution in [0.5, 0.6) is 0 Å². The van der Waals surface area contributed by atoms with E-state index in [4.69, 9.17) is 16.3 Å². The van der Waals surface area contributed by atoms with Crippen LogP contribution in [0.15, 0.2) is 18.2 Å². The van der Waals surface area contributed by atoms with Gasteiger partial charge in [-0.2, -0.15) is 0 Å². The van der Waals surface area contributed by atoms with E-state index in [2.05, 4.69) is 10.3 Å². The van der Waals surface area contributed by atoms with Crippen molar-refractivity contribution in [2.24, 2.45) is 0 Å². The second-order valence-electron chi connectivity index (χ2n) is 4.32. The molecule has 1 aromatic heterocycles. The molecule has 0 aliphatic carbocycles. The number of amides is 1. The average Bonchev–Trinajstić information content (AvgIpc) is 2.79. The summed E-state index contributed by atoms with van der Waals surface area (Å²) in [5, 5.41) is 2.89. The molecule has 2 rings (SSSR count). The highest BCUT2D eigenvalue weighted by Crippen LogP contribution is 2.20. The highest BCUT2D eigenvalue weighted by atomic mass is 35.5. The van der Waals surface area contributed by atoms with E-state index < -0.39 is 5.97 Å². The number of carbonyl (C=O) groups excluding carboxylic acids is 2. The molecular weight excluding hydrogens is 294 g/mol. The summed E-state index contributed by atoms with van der Waals surface area (Å²) in [7, 11) is 0. The second kappa shape index (κ2) is 6.58. The van der Waals surface area contributed by atoms with Crippen molar-refractivity contribution in [3.05, 3.63) is 29.0 Å². The van der Waals surface area contributed by atoms with Gasteiger partial charge in [0.15, 0.2) is 0 Å². The van der Waals surface area contributed by atoms with Gasteiger partial charge in [-0.05, 0) is 43.6 Å². The largest absolute Gasteiger partial charge is 0.465 e. The lowest BCUT2D eigenvalue weighted by atomic mass is 10.2. The first kappa shape index (κ1) is 15.3. The summed E-state index contributed by atoms with van der Waals surface area (Å²) in [6.45, 7) is 4.50. The maximum absolute atomic E-state index is 12.0. The van der Waals surface area contributed by atoms with E-state index in [-0.39, 0.29) is 19.1 Å². The van der Waals surface area contributed by atoms with Crippen molar-refractivity contribution in [2.45, 2.75) is 20.4 Å². The van der Waals surface area contributed by atoms with E-state index in [0.29, 0.717) is 22.9 Å². The number of halogens is 1. The van der Waals surface area contributed by atoms with E-state index in [1.165, 1.54) is 0 Å². The van der Waals surface area contributed by atoms with Crippen molar-refractivity contribution >= 4 is 34.5 Å². The van der Waals surface area contributed by atoms with Crippen LogP contribution in [0, 0.1) is 0 Å². The van der Waals surface area contributed by atoms with E-state index in [0.717, 1.165) is 5.52 Å². The average molecular weight is 310 g/mol. The smallest absolute Gasteiger partial charge is 0.325 e. The van der Waals surface area contributed by atoms with Gasteiger partial charge < -0.3 is 14.6 Å². The van der Waals surface area contributed by atoms with Crippen LogP contribution < -0.4 is 5.32 Å². The summed E-state index contributed by atoms with van der Waals surface area (Å²) in [6, 6.07) is 5.11. The number of aryl methyl sites for hydroxylation is 1. The van der Waals surface area contributed by atoms with Gasteiger partial charge in [0.25, 0.3) is 5.91 Å². The van der Waals surface area contributed by atoms with Crippen LogP contribution in [-0.4, -0.2) is 34.6 Å². The summed E-state index contributed by atoms with van der Waals surface area (Å²) >= 11 is 6.03. The maximum Gasteiger partial charge on any atom is 0.325 e. The van der Waals surface area contributed by atoms with Crippen LogP contribution in [0.3, 0.4) is 0 Å². The molecule has 0 aliphatic rings. The standard InChI is InChI=1S/C14H16ClN3O3/c1-3-18-11-6-5-9(7-10(11)17-14(18)15)13(20)16-8-12(19)21-4-2/h5-7H,3-4,8H2,1-2H3,(H,16,20). The zero-order chi connectivity index (χ0) is 15.4. The molecule has 0 saturated heterocycles. The molecule has 21 heavy (non-hydrogen) atoms. The topological polar surface area (TPSA) is 73.2 Å². The molecule has 0 unspecified atom stereocenters. The van der Waals surface area contributed by atoms with Crippen molar-refractivity contribution in [2.75, 3.05) is 13.2 Å². The third-order valence-electron chi connectivity index (χ3n) is 2.98. The molecule has 7 heteroatoms. The van der Waals surface area contributed by atoms with Gasteiger partial charge in [0.1, 0.15) is 6.54 Å². The zero-order valence-corrected chi connectivity index (χ0v) is 12.6. The number of imidazole rings is 1. The van der Waals surface area contributed by atoms with Crippen LogP contribution in [0.1, 0.15) is 24.2 Å². The number of benzene rings is 1. The van der Waals surface area contributed by atoms with Crippen molar-refractivity contribution in [1.82, 2.24) is 14.9 Å². The second-order valence-corrected chi connectivity index (χ2v) is 4.65. The minimum absolute atomic E-state index is 0.158. The Morgan fingerprint density at radius 3 is 2.81 bits per heavy atom. The molecule has 1 aromatic carbocycles. The van der Waals surface area contributed by atoms with Crippen LogP contribution in [0.25, 0.3) is 11.0 Å². The first-order valence-corrected chi connectivity index (χ1v) is 7.04. The first-order chi connectivity index (χ1) is 10.1. The number of carbonyl (C=O) groups is 2. The molecule has 0 spiro atoms. The molecule has 2 aromatic rings. The Balaban J connectivity index is 2.15.